The third-order valence-electron chi connectivity index (χ3n) is 9.18. The summed E-state index contributed by atoms with van der Waals surface area (Å²) in [6.45, 7) is 12.9. The lowest BCUT2D eigenvalue weighted by Crippen LogP contribution is -2.48. The van der Waals surface area contributed by atoms with Gasteiger partial charge in [-0.15, -0.1) is 0 Å². The van der Waals surface area contributed by atoms with Crippen LogP contribution in [0.4, 0.5) is 0 Å². The molecule has 0 radical (unpaired) electrons. The molecule has 5 aromatic rings. The molecule has 1 aliphatic heterocycles. The zero-order valence-electron chi connectivity index (χ0n) is 30.4. The van der Waals surface area contributed by atoms with E-state index in [0.717, 1.165) is 48.5 Å². The average molecular weight is 716 g/mol. The van der Waals surface area contributed by atoms with Gasteiger partial charge in [-0.3, -0.25) is 9.69 Å². The molecule has 0 bridgehead atoms. The standard InChI is InChI=1S/C44H46ClN3O4/c1-31-5-9-37(10-6-31)30-51-40-17-18-42(46-28-40)52-43-33(3)25-38(27-41(43)45)26-34(4)44(49)48-22-20-47(21-23-48)29-36-13-11-35(12-14-36)19-24-50-39-15-7-32(2)8-16-39/h5-18,25-28H,19-24,29-30H2,1-4H3. The molecule has 0 unspecified atom stereocenters. The number of ether oxygens (including phenoxy) is 3. The van der Waals surface area contributed by atoms with E-state index in [2.05, 4.69) is 84.4 Å². The first kappa shape index (κ1) is 36.7. The number of hydrogen-bond donors (Lipinski definition) is 0. The number of hydrogen-bond acceptors (Lipinski definition) is 6. The number of piperazine rings is 1. The Bertz CT molecular complexity index is 1940. The molecule has 0 spiro atoms. The Balaban J connectivity index is 0.955. The highest BCUT2D eigenvalue weighted by Crippen LogP contribution is 2.34. The zero-order valence-corrected chi connectivity index (χ0v) is 31.2. The second kappa shape index (κ2) is 17.4. The lowest BCUT2D eigenvalue weighted by Gasteiger charge is -2.35. The SMILES string of the molecule is CC(=Cc1cc(C)c(Oc2ccc(OCc3ccc(C)cc3)cn2)c(Cl)c1)C(=O)N1CCN(Cc2ccc(CCOc3ccc(C)cc3)cc2)CC1. The van der Waals surface area contributed by atoms with Crippen molar-refractivity contribution in [1.82, 2.24) is 14.8 Å². The minimum absolute atomic E-state index is 0.0415. The number of benzene rings is 4. The summed E-state index contributed by atoms with van der Waals surface area (Å²) in [4.78, 5) is 22.1. The number of carbonyl (C=O) groups is 1. The molecule has 6 rings (SSSR count). The maximum absolute atomic E-state index is 13.4. The first-order valence-corrected chi connectivity index (χ1v) is 18.2. The molecule has 52 heavy (non-hydrogen) atoms. The summed E-state index contributed by atoms with van der Waals surface area (Å²) in [6.07, 6.45) is 4.40. The van der Waals surface area contributed by atoms with E-state index >= 15 is 0 Å². The number of aromatic nitrogens is 1. The van der Waals surface area contributed by atoms with Gasteiger partial charge >= 0.3 is 0 Å². The van der Waals surface area contributed by atoms with Crippen molar-refractivity contribution in [2.45, 2.75) is 47.3 Å². The summed E-state index contributed by atoms with van der Waals surface area (Å²) in [6, 6.07) is 32.5. The van der Waals surface area contributed by atoms with Crippen LogP contribution in [0.1, 0.15) is 45.9 Å². The fourth-order valence-corrected chi connectivity index (χ4v) is 6.41. The molecule has 0 N–H and O–H groups in total. The number of halogens is 1. The van der Waals surface area contributed by atoms with Gasteiger partial charge in [-0.25, -0.2) is 4.98 Å². The normalized spacial score (nSPS) is 13.6. The molecule has 0 atom stereocenters. The average Bonchev–Trinajstić information content (AvgIpc) is 3.15. The molecule has 1 saturated heterocycles. The lowest BCUT2D eigenvalue weighted by atomic mass is 10.1. The highest BCUT2D eigenvalue weighted by atomic mass is 35.5. The van der Waals surface area contributed by atoms with Gasteiger partial charge in [-0.05, 0) is 91.9 Å². The van der Waals surface area contributed by atoms with Gasteiger partial charge in [0.25, 0.3) is 0 Å². The van der Waals surface area contributed by atoms with E-state index in [9.17, 15) is 4.79 Å². The van der Waals surface area contributed by atoms with Gasteiger partial charge in [0.15, 0.2) is 5.75 Å². The Morgan fingerprint density at radius 2 is 1.40 bits per heavy atom. The van der Waals surface area contributed by atoms with E-state index in [-0.39, 0.29) is 5.91 Å². The minimum atomic E-state index is 0.0415. The van der Waals surface area contributed by atoms with Crippen LogP contribution >= 0.6 is 11.6 Å². The Morgan fingerprint density at radius 3 is 2.06 bits per heavy atom. The van der Waals surface area contributed by atoms with Gasteiger partial charge in [0, 0.05) is 50.8 Å². The van der Waals surface area contributed by atoms with Crippen LogP contribution in [-0.2, 0) is 24.4 Å². The van der Waals surface area contributed by atoms with Crippen LogP contribution in [0.15, 0.2) is 109 Å². The van der Waals surface area contributed by atoms with Crippen molar-refractivity contribution in [1.29, 1.82) is 0 Å². The molecule has 1 aromatic heterocycles. The van der Waals surface area contributed by atoms with Crippen LogP contribution < -0.4 is 14.2 Å². The molecule has 0 aliphatic carbocycles. The van der Waals surface area contributed by atoms with Gasteiger partial charge < -0.3 is 19.1 Å². The maximum atomic E-state index is 13.4. The van der Waals surface area contributed by atoms with Crippen molar-refractivity contribution in [3.63, 3.8) is 0 Å². The van der Waals surface area contributed by atoms with Crippen LogP contribution in [-0.4, -0.2) is 53.5 Å². The van der Waals surface area contributed by atoms with Crippen LogP contribution in [0.5, 0.6) is 23.1 Å². The van der Waals surface area contributed by atoms with Crippen molar-refractivity contribution in [2.24, 2.45) is 0 Å². The van der Waals surface area contributed by atoms with Crippen molar-refractivity contribution < 1.29 is 19.0 Å². The number of aryl methyl sites for hydroxylation is 3. The van der Waals surface area contributed by atoms with E-state index in [1.54, 1.807) is 12.3 Å². The van der Waals surface area contributed by atoms with Gasteiger partial charge in [0.2, 0.25) is 11.8 Å². The summed E-state index contributed by atoms with van der Waals surface area (Å²) in [5.74, 6) is 2.54. The molecule has 2 heterocycles. The third-order valence-corrected chi connectivity index (χ3v) is 9.46. The smallest absolute Gasteiger partial charge is 0.249 e. The van der Waals surface area contributed by atoms with E-state index in [4.69, 9.17) is 25.8 Å². The van der Waals surface area contributed by atoms with Crippen LogP contribution in [0.25, 0.3) is 6.08 Å². The Morgan fingerprint density at radius 1 is 0.769 bits per heavy atom. The summed E-state index contributed by atoms with van der Waals surface area (Å²) >= 11 is 6.68. The molecule has 1 amide bonds. The summed E-state index contributed by atoms with van der Waals surface area (Å²) < 4.78 is 17.8. The van der Waals surface area contributed by atoms with Crippen molar-refractivity contribution >= 4 is 23.6 Å². The van der Waals surface area contributed by atoms with E-state index < -0.39 is 0 Å². The van der Waals surface area contributed by atoms with E-state index in [1.807, 2.05) is 55.2 Å². The molecule has 268 valence electrons. The Hall–Kier alpha value is -5.11. The maximum Gasteiger partial charge on any atom is 0.249 e. The highest BCUT2D eigenvalue weighted by molar-refractivity contribution is 6.32. The highest BCUT2D eigenvalue weighted by Gasteiger charge is 2.22. The quantitative estimate of drug-likeness (QED) is 0.113. The van der Waals surface area contributed by atoms with Gasteiger partial charge in [0.05, 0.1) is 17.8 Å². The Labute approximate surface area is 312 Å². The molecule has 8 heteroatoms. The zero-order chi connectivity index (χ0) is 36.5. The number of nitrogens with zero attached hydrogens (tertiary/aromatic N) is 3. The molecular weight excluding hydrogens is 670 g/mol. The second-order valence-corrected chi connectivity index (χ2v) is 13.9. The van der Waals surface area contributed by atoms with Gasteiger partial charge in [-0.1, -0.05) is 83.4 Å². The fourth-order valence-electron chi connectivity index (χ4n) is 6.10. The molecular formula is C44H46ClN3O4. The topological polar surface area (TPSA) is 64.1 Å². The summed E-state index contributed by atoms with van der Waals surface area (Å²) in [5.41, 5.74) is 8.42. The first-order valence-electron chi connectivity index (χ1n) is 17.8. The van der Waals surface area contributed by atoms with E-state index in [1.165, 1.54) is 22.3 Å². The number of pyridine rings is 1. The molecule has 4 aromatic carbocycles. The third kappa shape index (κ3) is 10.2. The predicted molar refractivity (Wildman–Crippen MR) is 208 cm³/mol. The monoisotopic (exact) mass is 715 g/mol. The largest absolute Gasteiger partial charge is 0.493 e. The van der Waals surface area contributed by atoms with Crippen LogP contribution in [0.3, 0.4) is 0 Å². The first-order chi connectivity index (χ1) is 25.2. The molecule has 1 fully saturated rings. The number of amides is 1. The van der Waals surface area contributed by atoms with Crippen LogP contribution in [0.2, 0.25) is 5.02 Å². The van der Waals surface area contributed by atoms with Gasteiger partial charge in [-0.2, -0.15) is 0 Å². The predicted octanol–water partition coefficient (Wildman–Crippen LogP) is 9.40. The molecule has 1 aliphatic rings. The number of carbonyl (C=O) groups excluding carboxylic acids is 1. The second-order valence-electron chi connectivity index (χ2n) is 13.5. The minimum Gasteiger partial charge on any atom is -0.493 e. The fraction of sp³-hybridized carbons (Fsp3) is 0.273. The lowest BCUT2D eigenvalue weighted by molar-refractivity contribution is -0.128. The van der Waals surface area contributed by atoms with Crippen molar-refractivity contribution in [2.75, 3.05) is 32.8 Å². The molecule has 7 nitrogen and oxygen atoms in total. The van der Waals surface area contributed by atoms with E-state index in [0.29, 0.717) is 54.3 Å². The molecule has 0 saturated carbocycles. The Kier molecular flexibility index (Phi) is 12.3. The summed E-state index contributed by atoms with van der Waals surface area (Å²) in [7, 11) is 0. The van der Waals surface area contributed by atoms with Gasteiger partial charge in [0.1, 0.15) is 18.1 Å². The van der Waals surface area contributed by atoms with Crippen molar-refractivity contribution in [3.05, 3.63) is 153 Å². The summed E-state index contributed by atoms with van der Waals surface area (Å²) in [5, 5.41) is 0.449. The van der Waals surface area contributed by atoms with Crippen LogP contribution in [0, 0.1) is 20.8 Å². The van der Waals surface area contributed by atoms with Crippen molar-refractivity contribution in [3.8, 4) is 23.1 Å². The number of rotatable bonds is 13.